The summed E-state index contributed by atoms with van der Waals surface area (Å²) in [7, 11) is 0. The summed E-state index contributed by atoms with van der Waals surface area (Å²) in [6, 6.07) is -0.132. The minimum Gasteiger partial charge on any atom is -0.481 e. The average molecular weight is 593 g/mol. The fraction of sp³-hybridized carbons (Fsp3) is 0.515. The Kier molecular flexibility index (Phi) is 9.67. The molecule has 43 heavy (non-hydrogen) atoms. The molecule has 1 unspecified atom stereocenters. The van der Waals surface area contributed by atoms with Gasteiger partial charge in [0.2, 0.25) is 11.8 Å². The molecule has 0 spiro atoms. The quantitative estimate of drug-likeness (QED) is 0.201. The van der Waals surface area contributed by atoms with Crippen LogP contribution in [0.5, 0.6) is 0 Å². The molecule has 4 heterocycles. The van der Waals surface area contributed by atoms with Crippen LogP contribution in [0.25, 0.3) is 6.08 Å². The number of amides is 2. The number of aromatic amines is 2. The Morgan fingerprint density at radius 2 is 1.49 bits per heavy atom. The molecule has 0 bridgehead atoms. The van der Waals surface area contributed by atoms with E-state index in [-0.39, 0.29) is 42.5 Å². The third-order valence-corrected chi connectivity index (χ3v) is 9.37. The van der Waals surface area contributed by atoms with Gasteiger partial charge in [-0.15, -0.1) is 0 Å². The molecule has 2 aliphatic heterocycles. The predicted molar refractivity (Wildman–Crippen MR) is 163 cm³/mol. The van der Waals surface area contributed by atoms with E-state index in [4.69, 9.17) is 0 Å². The number of aromatic nitrogens is 2. The van der Waals surface area contributed by atoms with E-state index in [1.165, 1.54) is 0 Å². The number of H-pyrrole nitrogens is 2. The number of rotatable bonds is 13. The number of carboxylic acids is 2. The first kappa shape index (κ1) is 31.8. The van der Waals surface area contributed by atoms with Gasteiger partial charge in [0.15, 0.2) is 0 Å². The lowest BCUT2D eigenvalue weighted by molar-refractivity contribution is -0.138. The molecule has 0 saturated carbocycles. The highest BCUT2D eigenvalue weighted by Crippen LogP contribution is 2.33. The Bertz CT molecular complexity index is 1510. The Balaban J connectivity index is 1.74. The summed E-state index contributed by atoms with van der Waals surface area (Å²) in [5, 5.41) is 25.0. The molecule has 6 N–H and O–H groups in total. The van der Waals surface area contributed by atoms with Crippen molar-refractivity contribution in [1.29, 1.82) is 0 Å². The van der Waals surface area contributed by atoms with E-state index in [0.29, 0.717) is 32.1 Å². The first-order chi connectivity index (χ1) is 20.4. The second-order valence-electron chi connectivity index (χ2n) is 11.9. The lowest BCUT2D eigenvalue weighted by Gasteiger charge is -2.12. The Morgan fingerprint density at radius 1 is 0.884 bits per heavy atom. The Hall–Kier alpha value is -4.08. The zero-order chi connectivity index (χ0) is 31.6. The second-order valence-corrected chi connectivity index (χ2v) is 11.9. The van der Waals surface area contributed by atoms with Gasteiger partial charge in [-0.1, -0.05) is 20.8 Å². The van der Waals surface area contributed by atoms with Crippen molar-refractivity contribution in [1.82, 2.24) is 20.6 Å². The van der Waals surface area contributed by atoms with Crippen molar-refractivity contribution in [3.05, 3.63) is 61.9 Å². The molecule has 0 aromatic carbocycles. The van der Waals surface area contributed by atoms with Crippen LogP contribution in [-0.4, -0.2) is 50.0 Å². The molecule has 2 aromatic rings. The van der Waals surface area contributed by atoms with Crippen LogP contribution >= 0.6 is 0 Å². The van der Waals surface area contributed by atoms with Gasteiger partial charge in [-0.2, -0.15) is 0 Å². The standard InChI is InChI=1S/C33H44N4O6/c1-7-20-19(6)32(42)37-27(20)14-25-18(5)23(10-12-31(40)41)29(35-25)15-28-22(9-11-30(38)39)17(4)24(34-28)13-26-16(3)21(8-2)33(43)36-26/h14,19-20,26,34-35H,7-13,15H2,1-6H3,(H,36,43)(H,37,42)(H,38,39)(H,40,41)/b27-14-/t19-,20-,26?/m1/s1. The number of aliphatic carboxylic acids is 2. The van der Waals surface area contributed by atoms with Crippen molar-refractivity contribution in [2.75, 3.05) is 0 Å². The van der Waals surface area contributed by atoms with Gasteiger partial charge in [0.1, 0.15) is 0 Å². The largest absolute Gasteiger partial charge is 0.481 e. The molecular weight excluding hydrogens is 548 g/mol. The van der Waals surface area contributed by atoms with Crippen LogP contribution < -0.4 is 10.6 Å². The maximum Gasteiger partial charge on any atom is 0.303 e. The van der Waals surface area contributed by atoms with Crippen molar-refractivity contribution >= 4 is 29.8 Å². The third-order valence-electron chi connectivity index (χ3n) is 9.37. The van der Waals surface area contributed by atoms with E-state index >= 15 is 0 Å². The maximum atomic E-state index is 12.5. The molecule has 1 saturated heterocycles. The highest BCUT2D eigenvalue weighted by molar-refractivity contribution is 5.97. The normalized spacial score (nSPS) is 21.2. The van der Waals surface area contributed by atoms with Crippen LogP contribution in [0.2, 0.25) is 0 Å². The van der Waals surface area contributed by atoms with E-state index in [9.17, 15) is 29.4 Å². The SMILES string of the molecule is CCC1=C(C)C(Cc2[nH]c(Cc3[nH]c(/C=C4\NC(=O)[C@H](C)[C@H]4CC)c(C)c3CCC(=O)O)c(CCC(=O)O)c2C)NC1=O. The van der Waals surface area contributed by atoms with Gasteiger partial charge in [-0.05, 0) is 80.4 Å². The third kappa shape index (κ3) is 6.63. The fourth-order valence-electron chi connectivity index (χ4n) is 6.71. The van der Waals surface area contributed by atoms with Gasteiger partial charge in [0.25, 0.3) is 0 Å². The number of allylic oxidation sites excluding steroid dienone is 1. The molecule has 2 aromatic heterocycles. The summed E-state index contributed by atoms with van der Waals surface area (Å²) in [5.74, 6) is -1.84. The predicted octanol–water partition coefficient (Wildman–Crippen LogP) is 4.49. The smallest absolute Gasteiger partial charge is 0.303 e. The molecule has 0 aliphatic carbocycles. The van der Waals surface area contributed by atoms with E-state index < -0.39 is 11.9 Å². The zero-order valence-electron chi connectivity index (χ0n) is 26.0. The molecule has 1 fully saturated rings. The van der Waals surface area contributed by atoms with Crippen LogP contribution in [0.4, 0.5) is 0 Å². The van der Waals surface area contributed by atoms with Gasteiger partial charge in [0, 0.05) is 71.6 Å². The molecule has 3 atom stereocenters. The maximum absolute atomic E-state index is 12.5. The van der Waals surface area contributed by atoms with Crippen LogP contribution in [0, 0.1) is 25.7 Å². The van der Waals surface area contributed by atoms with Gasteiger partial charge in [-0.25, -0.2) is 0 Å². The van der Waals surface area contributed by atoms with E-state index in [1.54, 1.807) is 0 Å². The molecule has 10 nitrogen and oxygen atoms in total. The first-order valence-corrected chi connectivity index (χ1v) is 15.2. The number of hydrogen-bond acceptors (Lipinski definition) is 4. The Morgan fingerprint density at radius 3 is 2.05 bits per heavy atom. The average Bonchev–Trinajstić information content (AvgIpc) is 3.59. The lowest BCUT2D eigenvalue weighted by atomic mass is 9.92. The molecule has 2 amide bonds. The molecule has 2 aliphatic rings. The van der Waals surface area contributed by atoms with Crippen LogP contribution in [0.15, 0.2) is 16.8 Å². The number of hydrogen-bond donors (Lipinski definition) is 6. The summed E-state index contributed by atoms with van der Waals surface area (Å²) in [4.78, 5) is 55.0. The van der Waals surface area contributed by atoms with Crippen LogP contribution in [-0.2, 0) is 44.9 Å². The van der Waals surface area contributed by atoms with Crippen LogP contribution in [0.1, 0.15) is 98.4 Å². The van der Waals surface area contributed by atoms with Crippen molar-refractivity contribution < 1.29 is 29.4 Å². The van der Waals surface area contributed by atoms with E-state index in [2.05, 4.69) is 27.5 Å². The van der Waals surface area contributed by atoms with Gasteiger partial charge >= 0.3 is 11.9 Å². The van der Waals surface area contributed by atoms with Crippen molar-refractivity contribution in [2.45, 2.75) is 99.0 Å². The minimum atomic E-state index is -0.886. The summed E-state index contributed by atoms with van der Waals surface area (Å²) >= 11 is 0. The summed E-state index contributed by atoms with van der Waals surface area (Å²) in [6.45, 7) is 11.9. The number of carbonyl (C=O) groups is 4. The van der Waals surface area contributed by atoms with E-state index in [1.807, 2.05) is 40.7 Å². The zero-order valence-corrected chi connectivity index (χ0v) is 26.0. The number of nitrogens with one attached hydrogen (secondary N) is 4. The number of carbonyl (C=O) groups excluding carboxylic acids is 2. The van der Waals surface area contributed by atoms with Crippen molar-refractivity contribution in [3.63, 3.8) is 0 Å². The molecule has 232 valence electrons. The highest BCUT2D eigenvalue weighted by atomic mass is 16.4. The fourth-order valence-corrected chi connectivity index (χ4v) is 6.71. The first-order valence-electron chi connectivity index (χ1n) is 15.2. The van der Waals surface area contributed by atoms with Crippen LogP contribution in [0.3, 0.4) is 0 Å². The summed E-state index contributed by atoms with van der Waals surface area (Å²) < 4.78 is 0. The topological polar surface area (TPSA) is 164 Å². The minimum absolute atomic E-state index is 0.000636. The van der Waals surface area contributed by atoms with Gasteiger partial charge < -0.3 is 30.8 Å². The van der Waals surface area contributed by atoms with Crippen molar-refractivity contribution in [2.24, 2.45) is 11.8 Å². The molecule has 4 rings (SSSR count). The second kappa shape index (κ2) is 13.1. The van der Waals surface area contributed by atoms with E-state index in [0.717, 1.165) is 68.3 Å². The number of carboxylic acid groups (broad SMARTS) is 2. The molecule has 10 heteroatoms. The highest BCUT2D eigenvalue weighted by Gasteiger charge is 2.34. The van der Waals surface area contributed by atoms with Gasteiger partial charge in [0.05, 0.1) is 6.04 Å². The van der Waals surface area contributed by atoms with Gasteiger partial charge in [-0.3, -0.25) is 19.2 Å². The molecule has 0 radical (unpaired) electrons. The Labute approximate surface area is 252 Å². The molecular formula is C33H44N4O6. The lowest BCUT2D eigenvalue weighted by Crippen LogP contribution is -2.30. The van der Waals surface area contributed by atoms with Crippen molar-refractivity contribution in [3.8, 4) is 0 Å². The summed E-state index contributed by atoms with van der Waals surface area (Å²) in [6.07, 6.45) is 5.09. The monoisotopic (exact) mass is 592 g/mol. The summed E-state index contributed by atoms with van der Waals surface area (Å²) in [5.41, 5.74) is 9.96.